The van der Waals surface area contributed by atoms with Gasteiger partial charge in [0.15, 0.2) is 17.5 Å². The van der Waals surface area contributed by atoms with E-state index in [0.717, 1.165) is 21.1 Å². The van der Waals surface area contributed by atoms with Gasteiger partial charge >= 0.3 is 0 Å². The molecular weight excluding hydrogens is 303 g/mol. The highest BCUT2D eigenvalue weighted by Gasteiger charge is 2.06. The first-order chi connectivity index (χ1) is 10.5. The third-order valence-corrected chi connectivity index (χ3v) is 4.18. The molecule has 0 saturated carbocycles. The third kappa shape index (κ3) is 4.17. The van der Waals surface area contributed by atoms with Crippen molar-refractivity contribution >= 4 is 17.3 Å². The van der Waals surface area contributed by atoms with Crippen LogP contribution in [0.2, 0.25) is 0 Å². The van der Waals surface area contributed by atoms with E-state index in [1.54, 1.807) is 24.5 Å². The van der Waals surface area contributed by atoms with Crippen molar-refractivity contribution in [3.8, 4) is 5.75 Å². The maximum atomic E-state index is 13.3. The van der Waals surface area contributed by atoms with E-state index < -0.39 is 5.82 Å². The van der Waals surface area contributed by atoms with Gasteiger partial charge in [0.1, 0.15) is 0 Å². The molecule has 0 saturated heterocycles. The van der Waals surface area contributed by atoms with Gasteiger partial charge in [-0.1, -0.05) is 6.07 Å². The van der Waals surface area contributed by atoms with E-state index in [9.17, 15) is 4.39 Å². The lowest BCUT2D eigenvalue weighted by atomic mass is 10.2. The van der Waals surface area contributed by atoms with Gasteiger partial charge in [-0.15, -0.1) is 11.3 Å². The first-order valence-corrected chi connectivity index (χ1v) is 7.66. The second-order valence-corrected chi connectivity index (χ2v) is 6.09. The smallest absolute Gasteiger partial charge is 0.191 e. The molecule has 1 aromatic carbocycles. The number of phenolic OH excluding ortho intramolecular Hbond substituents is 1. The molecule has 2 rings (SSSR count). The second kappa shape index (κ2) is 7.22. The SMILES string of the molecule is CN=C(NCc1ccc(O)c(F)c1)NCc1sc(C)nc1C. The maximum Gasteiger partial charge on any atom is 0.191 e. The molecule has 118 valence electrons. The molecule has 0 spiro atoms. The van der Waals surface area contributed by atoms with E-state index >= 15 is 0 Å². The zero-order chi connectivity index (χ0) is 16.1. The second-order valence-electron chi connectivity index (χ2n) is 4.81. The number of aliphatic imine (C=N–C) groups is 1. The Morgan fingerprint density at radius 2 is 2.05 bits per heavy atom. The number of nitrogens with zero attached hydrogens (tertiary/aromatic N) is 2. The number of hydrogen-bond acceptors (Lipinski definition) is 4. The highest BCUT2D eigenvalue weighted by Crippen LogP contribution is 2.17. The van der Waals surface area contributed by atoms with Crippen molar-refractivity contribution in [3.05, 3.63) is 45.2 Å². The largest absolute Gasteiger partial charge is 0.505 e. The van der Waals surface area contributed by atoms with Crippen LogP contribution >= 0.6 is 11.3 Å². The van der Waals surface area contributed by atoms with E-state index in [-0.39, 0.29) is 5.75 Å². The number of guanidine groups is 1. The van der Waals surface area contributed by atoms with Gasteiger partial charge in [-0.2, -0.15) is 0 Å². The number of phenols is 1. The minimum absolute atomic E-state index is 0.345. The Hall–Kier alpha value is -2.15. The van der Waals surface area contributed by atoms with Gasteiger partial charge in [-0.3, -0.25) is 4.99 Å². The molecular formula is C15H19FN4OS. The summed E-state index contributed by atoms with van der Waals surface area (Å²) in [6.45, 7) is 5.02. The van der Waals surface area contributed by atoms with Crippen molar-refractivity contribution in [2.75, 3.05) is 7.05 Å². The van der Waals surface area contributed by atoms with Gasteiger partial charge in [-0.25, -0.2) is 9.37 Å². The van der Waals surface area contributed by atoms with Crippen LogP contribution in [0.5, 0.6) is 5.75 Å². The van der Waals surface area contributed by atoms with Crippen molar-refractivity contribution in [2.45, 2.75) is 26.9 Å². The summed E-state index contributed by atoms with van der Waals surface area (Å²) in [6.07, 6.45) is 0. The van der Waals surface area contributed by atoms with Crippen LogP contribution in [0.15, 0.2) is 23.2 Å². The van der Waals surface area contributed by atoms with E-state index in [0.29, 0.717) is 19.0 Å². The lowest BCUT2D eigenvalue weighted by Crippen LogP contribution is -2.36. The van der Waals surface area contributed by atoms with Gasteiger partial charge in [0.05, 0.1) is 17.2 Å². The predicted molar refractivity (Wildman–Crippen MR) is 86.7 cm³/mol. The predicted octanol–water partition coefficient (Wildman–Crippen LogP) is 2.47. The molecule has 0 unspecified atom stereocenters. The fourth-order valence-corrected chi connectivity index (χ4v) is 2.85. The summed E-state index contributed by atoms with van der Waals surface area (Å²) in [6, 6.07) is 4.30. The molecule has 0 amide bonds. The van der Waals surface area contributed by atoms with Gasteiger partial charge in [-0.05, 0) is 31.5 Å². The summed E-state index contributed by atoms with van der Waals surface area (Å²) in [5, 5.41) is 16.5. The lowest BCUT2D eigenvalue weighted by Gasteiger charge is -2.11. The van der Waals surface area contributed by atoms with Gasteiger partial charge in [0.2, 0.25) is 0 Å². The van der Waals surface area contributed by atoms with Crippen LogP contribution in [0.4, 0.5) is 4.39 Å². The Balaban J connectivity index is 1.90. The van der Waals surface area contributed by atoms with Crippen LogP contribution in [-0.4, -0.2) is 23.1 Å². The van der Waals surface area contributed by atoms with Crippen LogP contribution in [0.3, 0.4) is 0 Å². The maximum absolute atomic E-state index is 13.3. The topological polar surface area (TPSA) is 69.5 Å². The van der Waals surface area contributed by atoms with Crippen LogP contribution in [0.1, 0.15) is 21.1 Å². The number of benzene rings is 1. The average molecular weight is 322 g/mol. The lowest BCUT2D eigenvalue weighted by molar-refractivity contribution is 0.431. The molecule has 5 nitrogen and oxygen atoms in total. The standard InChI is InChI=1S/C15H19FN4OS/c1-9-14(22-10(2)20-9)8-19-15(17-3)18-7-11-4-5-13(21)12(16)6-11/h4-6,21H,7-8H2,1-3H3,(H2,17,18,19). The fraction of sp³-hybridized carbons (Fsp3) is 0.333. The zero-order valence-corrected chi connectivity index (χ0v) is 13.6. The molecule has 7 heteroatoms. The number of rotatable bonds is 4. The van der Waals surface area contributed by atoms with Crippen molar-refractivity contribution in [1.29, 1.82) is 0 Å². The summed E-state index contributed by atoms with van der Waals surface area (Å²) < 4.78 is 13.3. The van der Waals surface area contributed by atoms with Crippen molar-refractivity contribution in [1.82, 2.24) is 15.6 Å². The number of aromatic nitrogens is 1. The highest BCUT2D eigenvalue weighted by molar-refractivity contribution is 7.11. The van der Waals surface area contributed by atoms with Crippen molar-refractivity contribution in [2.24, 2.45) is 4.99 Å². The highest BCUT2D eigenvalue weighted by atomic mass is 32.1. The Morgan fingerprint density at radius 3 is 2.64 bits per heavy atom. The Kier molecular flexibility index (Phi) is 5.32. The zero-order valence-electron chi connectivity index (χ0n) is 12.8. The molecule has 0 fully saturated rings. The summed E-state index contributed by atoms with van der Waals surface area (Å²) in [5.41, 5.74) is 1.74. The van der Waals surface area contributed by atoms with E-state index in [4.69, 9.17) is 5.11 Å². The molecule has 3 N–H and O–H groups in total. The van der Waals surface area contributed by atoms with Crippen molar-refractivity contribution in [3.63, 3.8) is 0 Å². The first kappa shape index (κ1) is 16.2. The molecule has 0 aliphatic rings. The average Bonchev–Trinajstić information content (AvgIpc) is 2.81. The molecule has 0 aliphatic heterocycles. The summed E-state index contributed by atoms with van der Waals surface area (Å²) in [4.78, 5) is 9.67. The van der Waals surface area contributed by atoms with Crippen LogP contribution in [0, 0.1) is 19.7 Å². The third-order valence-electron chi connectivity index (χ3n) is 3.11. The Bertz CT molecular complexity index is 684. The van der Waals surface area contributed by atoms with E-state index in [1.807, 2.05) is 13.8 Å². The molecule has 0 aliphatic carbocycles. The summed E-state index contributed by atoms with van der Waals surface area (Å²) in [5.74, 6) is -0.348. The first-order valence-electron chi connectivity index (χ1n) is 6.84. The minimum Gasteiger partial charge on any atom is -0.505 e. The van der Waals surface area contributed by atoms with Crippen LogP contribution < -0.4 is 10.6 Å². The molecule has 22 heavy (non-hydrogen) atoms. The van der Waals surface area contributed by atoms with E-state index in [1.165, 1.54) is 12.1 Å². The number of aryl methyl sites for hydroxylation is 2. The molecule has 1 aromatic heterocycles. The number of nitrogens with one attached hydrogen (secondary N) is 2. The van der Waals surface area contributed by atoms with Gasteiger partial charge in [0, 0.05) is 18.5 Å². The summed E-state index contributed by atoms with van der Waals surface area (Å²) in [7, 11) is 1.68. The monoisotopic (exact) mass is 322 g/mol. The van der Waals surface area contributed by atoms with Crippen molar-refractivity contribution < 1.29 is 9.50 Å². The quantitative estimate of drug-likeness (QED) is 0.597. The number of halogens is 1. The van der Waals surface area contributed by atoms with Crippen LogP contribution in [-0.2, 0) is 13.1 Å². The number of aromatic hydroxyl groups is 1. The summed E-state index contributed by atoms with van der Waals surface area (Å²) >= 11 is 1.65. The molecule has 1 heterocycles. The van der Waals surface area contributed by atoms with Crippen LogP contribution in [0.25, 0.3) is 0 Å². The molecule has 0 bridgehead atoms. The molecule has 0 atom stereocenters. The Morgan fingerprint density at radius 1 is 1.32 bits per heavy atom. The van der Waals surface area contributed by atoms with Gasteiger partial charge < -0.3 is 15.7 Å². The molecule has 2 aromatic rings. The van der Waals surface area contributed by atoms with E-state index in [2.05, 4.69) is 20.6 Å². The number of hydrogen-bond donors (Lipinski definition) is 3. The van der Waals surface area contributed by atoms with Gasteiger partial charge in [0.25, 0.3) is 0 Å². The molecule has 0 radical (unpaired) electrons. The minimum atomic E-state index is -0.627. The normalized spacial score (nSPS) is 11.5. The fourth-order valence-electron chi connectivity index (χ4n) is 1.97. The number of thiazole rings is 1. The Labute approximate surface area is 132 Å².